The van der Waals surface area contributed by atoms with Gasteiger partial charge >= 0.3 is 0 Å². The lowest BCUT2D eigenvalue weighted by Crippen LogP contribution is -2.38. The smallest absolute Gasteiger partial charge is 0.251 e. The van der Waals surface area contributed by atoms with E-state index in [9.17, 15) is 9.59 Å². The lowest BCUT2D eigenvalue weighted by molar-refractivity contribution is -0.120. The predicted molar refractivity (Wildman–Crippen MR) is 123 cm³/mol. The highest BCUT2D eigenvalue weighted by Gasteiger charge is 2.15. The van der Waals surface area contributed by atoms with Gasteiger partial charge < -0.3 is 20.1 Å². The first-order valence-corrected chi connectivity index (χ1v) is 10.9. The molecule has 2 rings (SSSR count). The molecule has 0 bridgehead atoms. The Balaban J connectivity index is 1.97. The van der Waals surface area contributed by atoms with Crippen LogP contribution in [-0.2, 0) is 4.79 Å². The average molecular weight is 427 g/mol. The van der Waals surface area contributed by atoms with E-state index in [0.717, 1.165) is 29.5 Å². The highest BCUT2D eigenvalue weighted by atomic mass is 16.5. The van der Waals surface area contributed by atoms with Crippen LogP contribution in [0.4, 0.5) is 0 Å². The molecule has 0 heterocycles. The zero-order valence-corrected chi connectivity index (χ0v) is 19.2. The maximum atomic E-state index is 12.4. The predicted octanol–water partition coefficient (Wildman–Crippen LogP) is 4.49. The van der Waals surface area contributed by atoms with Gasteiger partial charge in [-0.2, -0.15) is 0 Å². The lowest BCUT2D eigenvalue weighted by Gasteiger charge is -2.18. The van der Waals surface area contributed by atoms with Crippen molar-refractivity contribution in [2.75, 3.05) is 19.8 Å². The molecule has 0 aromatic heterocycles. The van der Waals surface area contributed by atoms with Gasteiger partial charge in [-0.3, -0.25) is 9.59 Å². The summed E-state index contributed by atoms with van der Waals surface area (Å²) in [5.74, 6) is 0.866. The highest BCUT2D eigenvalue weighted by Crippen LogP contribution is 2.31. The van der Waals surface area contributed by atoms with E-state index in [1.165, 1.54) is 0 Å². The number of carbonyl (C=O) groups excluding carboxylic acids is 2. The monoisotopic (exact) mass is 426 g/mol. The van der Waals surface area contributed by atoms with Gasteiger partial charge in [0, 0.05) is 5.56 Å². The fourth-order valence-electron chi connectivity index (χ4n) is 3.19. The van der Waals surface area contributed by atoms with Gasteiger partial charge in [-0.15, -0.1) is 0 Å². The first-order valence-electron chi connectivity index (χ1n) is 10.9. The van der Waals surface area contributed by atoms with E-state index in [-0.39, 0.29) is 24.4 Å². The summed E-state index contributed by atoms with van der Waals surface area (Å²) in [7, 11) is 0. The molecule has 0 radical (unpaired) electrons. The Morgan fingerprint density at radius 2 is 1.52 bits per heavy atom. The van der Waals surface area contributed by atoms with Crippen molar-refractivity contribution in [3.63, 3.8) is 0 Å². The van der Waals surface area contributed by atoms with Gasteiger partial charge in [-0.05, 0) is 63.4 Å². The number of benzene rings is 2. The van der Waals surface area contributed by atoms with Gasteiger partial charge in [-0.1, -0.05) is 37.1 Å². The summed E-state index contributed by atoms with van der Waals surface area (Å²) in [6.45, 7) is 11.0. The Bertz CT molecular complexity index is 875. The van der Waals surface area contributed by atoms with E-state index in [2.05, 4.69) is 17.6 Å². The number of rotatable bonds is 11. The summed E-state index contributed by atoms with van der Waals surface area (Å²) >= 11 is 0. The minimum Gasteiger partial charge on any atom is -0.490 e. The minimum atomic E-state index is -0.262. The molecule has 0 aliphatic carbocycles. The molecule has 6 heteroatoms. The standard InChI is InChI=1S/C25H34N2O4/c1-6-10-30-22-9-8-20(15-23(22)31-11-7-2)19(5)27-24(28)16-26-25(29)21-13-17(3)12-18(4)14-21/h8-9,12-15,19H,6-7,10-11,16H2,1-5H3,(H,26,29)(H,27,28). The molecular formula is C25H34N2O4. The first-order chi connectivity index (χ1) is 14.8. The van der Waals surface area contributed by atoms with Crippen LogP contribution in [0.15, 0.2) is 36.4 Å². The summed E-state index contributed by atoms with van der Waals surface area (Å²) in [6, 6.07) is 11.1. The quantitative estimate of drug-likeness (QED) is 0.555. The molecule has 1 unspecified atom stereocenters. The second-order valence-corrected chi connectivity index (χ2v) is 7.75. The van der Waals surface area contributed by atoms with Crippen LogP contribution in [0.25, 0.3) is 0 Å². The minimum absolute atomic E-state index is 0.0902. The third-order valence-electron chi connectivity index (χ3n) is 4.66. The van der Waals surface area contributed by atoms with Crippen LogP contribution in [-0.4, -0.2) is 31.6 Å². The molecule has 2 aromatic rings. The van der Waals surface area contributed by atoms with Crippen molar-refractivity contribution in [1.29, 1.82) is 0 Å². The van der Waals surface area contributed by atoms with Crippen LogP contribution in [0, 0.1) is 13.8 Å². The summed E-state index contributed by atoms with van der Waals surface area (Å²) in [5.41, 5.74) is 3.48. The molecule has 2 N–H and O–H groups in total. The molecule has 0 spiro atoms. The van der Waals surface area contributed by atoms with Crippen molar-refractivity contribution in [3.8, 4) is 11.5 Å². The maximum Gasteiger partial charge on any atom is 0.251 e. The number of nitrogens with one attached hydrogen (secondary N) is 2. The number of amides is 2. The molecule has 0 fully saturated rings. The van der Waals surface area contributed by atoms with Crippen LogP contribution in [0.1, 0.15) is 66.7 Å². The molecule has 2 amide bonds. The van der Waals surface area contributed by atoms with Gasteiger partial charge in [0.25, 0.3) is 5.91 Å². The molecule has 2 aromatic carbocycles. The molecule has 0 aliphatic heterocycles. The molecule has 0 saturated carbocycles. The number of carbonyl (C=O) groups is 2. The number of hydrogen-bond acceptors (Lipinski definition) is 4. The van der Waals surface area contributed by atoms with E-state index >= 15 is 0 Å². The van der Waals surface area contributed by atoms with Gasteiger partial charge in [0.15, 0.2) is 11.5 Å². The molecule has 0 aliphatic rings. The molecule has 0 saturated heterocycles. The molecule has 1 atom stereocenters. The van der Waals surface area contributed by atoms with Gasteiger partial charge in [0.1, 0.15) is 0 Å². The van der Waals surface area contributed by atoms with Crippen molar-refractivity contribution in [1.82, 2.24) is 10.6 Å². The van der Waals surface area contributed by atoms with Crippen LogP contribution >= 0.6 is 0 Å². The zero-order chi connectivity index (χ0) is 22.8. The summed E-state index contributed by atoms with van der Waals surface area (Å²) < 4.78 is 11.6. The molecule has 31 heavy (non-hydrogen) atoms. The van der Waals surface area contributed by atoms with E-state index in [4.69, 9.17) is 9.47 Å². The fourth-order valence-corrected chi connectivity index (χ4v) is 3.19. The fraction of sp³-hybridized carbons (Fsp3) is 0.440. The van der Waals surface area contributed by atoms with Crippen molar-refractivity contribution in [2.45, 2.75) is 53.5 Å². The van der Waals surface area contributed by atoms with Crippen molar-refractivity contribution in [3.05, 3.63) is 58.7 Å². The van der Waals surface area contributed by atoms with Gasteiger partial charge in [0.2, 0.25) is 5.91 Å². The Labute approximate surface area is 185 Å². The maximum absolute atomic E-state index is 12.4. The lowest BCUT2D eigenvalue weighted by atomic mass is 10.1. The van der Waals surface area contributed by atoms with Crippen LogP contribution in [0.2, 0.25) is 0 Å². The second-order valence-electron chi connectivity index (χ2n) is 7.75. The van der Waals surface area contributed by atoms with Crippen molar-refractivity contribution < 1.29 is 19.1 Å². The SMILES string of the molecule is CCCOc1ccc(C(C)NC(=O)CNC(=O)c2cc(C)cc(C)c2)cc1OCCC. The Morgan fingerprint density at radius 1 is 0.903 bits per heavy atom. The van der Waals surface area contributed by atoms with E-state index < -0.39 is 0 Å². The number of ether oxygens (including phenoxy) is 2. The Kier molecular flexibility index (Phi) is 9.38. The first kappa shape index (κ1) is 24.3. The van der Waals surface area contributed by atoms with Gasteiger partial charge in [0.05, 0.1) is 25.8 Å². The van der Waals surface area contributed by atoms with Crippen LogP contribution in [0.5, 0.6) is 11.5 Å². The Morgan fingerprint density at radius 3 is 2.13 bits per heavy atom. The van der Waals surface area contributed by atoms with Gasteiger partial charge in [-0.25, -0.2) is 0 Å². The van der Waals surface area contributed by atoms with Crippen LogP contribution in [0.3, 0.4) is 0 Å². The summed E-state index contributed by atoms with van der Waals surface area (Å²) in [4.78, 5) is 24.7. The highest BCUT2D eigenvalue weighted by molar-refractivity contribution is 5.96. The third-order valence-corrected chi connectivity index (χ3v) is 4.66. The van der Waals surface area contributed by atoms with E-state index in [1.807, 2.05) is 64.1 Å². The van der Waals surface area contributed by atoms with Crippen LogP contribution < -0.4 is 20.1 Å². The molecular weight excluding hydrogens is 392 g/mol. The topological polar surface area (TPSA) is 76.7 Å². The third kappa shape index (κ3) is 7.63. The number of hydrogen-bond donors (Lipinski definition) is 2. The second kappa shape index (κ2) is 12.0. The molecule has 168 valence electrons. The van der Waals surface area contributed by atoms with E-state index in [1.54, 1.807) is 0 Å². The summed E-state index contributed by atoms with van der Waals surface area (Å²) in [6.07, 6.45) is 1.80. The normalized spacial score (nSPS) is 11.5. The zero-order valence-electron chi connectivity index (χ0n) is 19.2. The van der Waals surface area contributed by atoms with Crippen molar-refractivity contribution in [2.24, 2.45) is 0 Å². The number of aryl methyl sites for hydroxylation is 2. The Hall–Kier alpha value is -3.02. The van der Waals surface area contributed by atoms with Crippen molar-refractivity contribution >= 4 is 11.8 Å². The largest absolute Gasteiger partial charge is 0.490 e. The molecule has 6 nitrogen and oxygen atoms in total. The van der Waals surface area contributed by atoms with E-state index in [0.29, 0.717) is 30.3 Å². The average Bonchev–Trinajstić information content (AvgIpc) is 2.74. The summed E-state index contributed by atoms with van der Waals surface area (Å²) in [5, 5.41) is 5.61.